The van der Waals surface area contributed by atoms with Crippen molar-refractivity contribution in [3.63, 3.8) is 0 Å². The lowest BCUT2D eigenvalue weighted by Crippen LogP contribution is -2.45. The molecule has 5 heteroatoms. The van der Waals surface area contributed by atoms with Crippen LogP contribution in [0.2, 0.25) is 0 Å². The molecule has 3 aromatic rings. The SMILES string of the molecule is CCN(C(=O)CN1C(=O)CSc2ccccc21)c1cccc2ccccc12. The molecule has 0 fully saturated rings. The maximum Gasteiger partial charge on any atom is 0.247 e. The molecule has 0 bridgehead atoms. The Balaban J connectivity index is 1.66. The summed E-state index contributed by atoms with van der Waals surface area (Å²) < 4.78 is 0. The van der Waals surface area contributed by atoms with E-state index in [-0.39, 0.29) is 18.4 Å². The van der Waals surface area contributed by atoms with Crippen molar-refractivity contribution in [3.8, 4) is 0 Å². The molecule has 2 amide bonds. The molecule has 0 unspecified atom stereocenters. The van der Waals surface area contributed by atoms with Crippen LogP contribution in [0.1, 0.15) is 6.92 Å². The van der Waals surface area contributed by atoms with Crippen LogP contribution in [-0.2, 0) is 9.59 Å². The van der Waals surface area contributed by atoms with Gasteiger partial charge in [-0.3, -0.25) is 9.59 Å². The second kappa shape index (κ2) is 7.45. The van der Waals surface area contributed by atoms with Crippen molar-refractivity contribution in [2.45, 2.75) is 11.8 Å². The number of likely N-dealkylation sites (N-methyl/N-ethyl adjacent to an activating group) is 1. The lowest BCUT2D eigenvalue weighted by atomic mass is 10.1. The smallest absolute Gasteiger partial charge is 0.247 e. The molecule has 3 aromatic carbocycles. The molecule has 0 radical (unpaired) electrons. The predicted molar refractivity (Wildman–Crippen MR) is 111 cm³/mol. The Kier molecular flexibility index (Phi) is 4.86. The van der Waals surface area contributed by atoms with Gasteiger partial charge in [-0.05, 0) is 30.5 Å². The van der Waals surface area contributed by atoms with Gasteiger partial charge in [0.1, 0.15) is 6.54 Å². The number of amides is 2. The summed E-state index contributed by atoms with van der Waals surface area (Å²) in [4.78, 5) is 30.1. The summed E-state index contributed by atoms with van der Waals surface area (Å²) >= 11 is 1.52. The number of hydrogen-bond acceptors (Lipinski definition) is 3. The molecule has 4 nitrogen and oxygen atoms in total. The molecule has 0 spiro atoms. The Morgan fingerprint density at radius 2 is 1.78 bits per heavy atom. The lowest BCUT2D eigenvalue weighted by Gasteiger charge is -2.31. The zero-order valence-electron chi connectivity index (χ0n) is 15.1. The average molecular weight is 376 g/mol. The van der Waals surface area contributed by atoms with E-state index in [1.54, 1.807) is 9.80 Å². The monoisotopic (exact) mass is 376 g/mol. The topological polar surface area (TPSA) is 40.6 Å². The van der Waals surface area contributed by atoms with Gasteiger partial charge in [0.15, 0.2) is 0 Å². The normalized spacial score (nSPS) is 13.5. The first-order chi connectivity index (χ1) is 13.2. The van der Waals surface area contributed by atoms with Gasteiger partial charge in [0.05, 0.1) is 17.1 Å². The summed E-state index contributed by atoms with van der Waals surface area (Å²) in [6.07, 6.45) is 0. The quantitative estimate of drug-likeness (QED) is 0.680. The Hall–Kier alpha value is -2.79. The number of hydrogen-bond donors (Lipinski definition) is 0. The maximum atomic E-state index is 13.2. The Morgan fingerprint density at radius 3 is 2.63 bits per heavy atom. The van der Waals surface area contributed by atoms with Crippen molar-refractivity contribution in [3.05, 3.63) is 66.7 Å². The van der Waals surface area contributed by atoms with Crippen molar-refractivity contribution in [2.24, 2.45) is 0 Å². The van der Waals surface area contributed by atoms with E-state index in [1.807, 2.05) is 73.7 Å². The Labute approximate surface area is 162 Å². The van der Waals surface area contributed by atoms with Gasteiger partial charge in [-0.2, -0.15) is 0 Å². The van der Waals surface area contributed by atoms with Gasteiger partial charge >= 0.3 is 0 Å². The predicted octanol–water partition coefficient (Wildman–Crippen LogP) is 4.33. The van der Waals surface area contributed by atoms with Gasteiger partial charge in [-0.1, -0.05) is 48.5 Å². The molecule has 0 N–H and O–H groups in total. The molecule has 1 aliphatic heterocycles. The van der Waals surface area contributed by atoms with Crippen molar-refractivity contribution < 1.29 is 9.59 Å². The number of carbonyl (C=O) groups excluding carboxylic acids is 2. The number of para-hydroxylation sites is 1. The van der Waals surface area contributed by atoms with Crippen molar-refractivity contribution >= 4 is 45.7 Å². The first-order valence-corrected chi connectivity index (χ1v) is 9.98. The molecule has 136 valence electrons. The van der Waals surface area contributed by atoms with Gasteiger partial charge in [-0.25, -0.2) is 0 Å². The largest absolute Gasteiger partial charge is 0.311 e. The minimum absolute atomic E-state index is 0.0268. The van der Waals surface area contributed by atoms with E-state index in [1.165, 1.54) is 11.8 Å². The van der Waals surface area contributed by atoms with E-state index in [2.05, 4.69) is 0 Å². The van der Waals surface area contributed by atoms with Gasteiger partial charge in [0.25, 0.3) is 0 Å². The molecule has 0 atom stereocenters. The van der Waals surface area contributed by atoms with Crippen LogP contribution >= 0.6 is 11.8 Å². The van der Waals surface area contributed by atoms with Crippen LogP contribution < -0.4 is 9.80 Å². The molecule has 0 aliphatic carbocycles. The fourth-order valence-corrected chi connectivity index (χ4v) is 4.41. The van der Waals surface area contributed by atoms with Gasteiger partial charge in [0.2, 0.25) is 11.8 Å². The first-order valence-electron chi connectivity index (χ1n) is 8.99. The zero-order chi connectivity index (χ0) is 18.8. The van der Waals surface area contributed by atoms with Crippen molar-refractivity contribution in [1.29, 1.82) is 0 Å². The summed E-state index contributed by atoms with van der Waals surface area (Å²) in [5, 5.41) is 2.13. The number of benzene rings is 3. The van der Waals surface area contributed by atoms with Crippen LogP contribution in [0.3, 0.4) is 0 Å². The minimum atomic E-state index is -0.0797. The zero-order valence-corrected chi connectivity index (χ0v) is 15.9. The van der Waals surface area contributed by atoms with E-state index in [4.69, 9.17) is 0 Å². The fraction of sp³-hybridized carbons (Fsp3) is 0.182. The third-order valence-corrected chi connectivity index (χ3v) is 5.82. The molecule has 1 aliphatic rings. The number of rotatable bonds is 4. The standard InChI is InChI=1S/C22H20N2O2S/c1-2-23(18-12-7-9-16-8-3-4-10-17(16)18)21(25)14-24-19-11-5-6-13-20(19)27-15-22(24)26/h3-13H,2,14-15H2,1H3. The Bertz CT molecular complexity index is 1010. The highest BCUT2D eigenvalue weighted by molar-refractivity contribution is 8.00. The van der Waals surface area contributed by atoms with Gasteiger partial charge in [0, 0.05) is 16.8 Å². The van der Waals surface area contributed by atoms with Gasteiger partial charge in [-0.15, -0.1) is 11.8 Å². The number of nitrogens with zero attached hydrogens (tertiary/aromatic N) is 2. The maximum absolute atomic E-state index is 13.2. The van der Waals surface area contributed by atoms with E-state index in [0.29, 0.717) is 12.3 Å². The van der Waals surface area contributed by atoms with Crippen LogP contribution in [-0.4, -0.2) is 30.7 Å². The molecule has 0 saturated carbocycles. The Morgan fingerprint density at radius 1 is 1.04 bits per heavy atom. The van der Waals surface area contributed by atoms with E-state index in [0.717, 1.165) is 27.0 Å². The summed E-state index contributed by atoms with van der Waals surface area (Å²) in [5.41, 5.74) is 1.70. The summed E-state index contributed by atoms with van der Waals surface area (Å²) in [5.74, 6) is 0.259. The second-order valence-electron chi connectivity index (χ2n) is 6.37. The number of carbonyl (C=O) groups is 2. The van der Waals surface area contributed by atoms with Crippen LogP contribution in [0.5, 0.6) is 0 Å². The minimum Gasteiger partial charge on any atom is -0.311 e. The molecule has 0 aromatic heterocycles. The van der Waals surface area contributed by atoms with E-state index >= 15 is 0 Å². The molecular formula is C22H20N2O2S. The van der Waals surface area contributed by atoms with E-state index < -0.39 is 0 Å². The molecule has 0 saturated heterocycles. The summed E-state index contributed by atoms with van der Waals surface area (Å²) in [6.45, 7) is 2.56. The number of fused-ring (bicyclic) bond motifs is 2. The average Bonchev–Trinajstić information content (AvgIpc) is 2.71. The first kappa shape index (κ1) is 17.6. The summed E-state index contributed by atoms with van der Waals surface area (Å²) in [7, 11) is 0. The molecule has 1 heterocycles. The van der Waals surface area contributed by atoms with Crippen LogP contribution in [0, 0.1) is 0 Å². The summed E-state index contributed by atoms with van der Waals surface area (Å²) in [6, 6.07) is 21.8. The van der Waals surface area contributed by atoms with Crippen molar-refractivity contribution in [1.82, 2.24) is 0 Å². The molecule has 4 rings (SSSR count). The van der Waals surface area contributed by atoms with Crippen molar-refractivity contribution in [2.75, 3.05) is 28.6 Å². The highest BCUT2D eigenvalue weighted by Gasteiger charge is 2.28. The second-order valence-corrected chi connectivity index (χ2v) is 7.39. The number of anilines is 2. The third-order valence-electron chi connectivity index (χ3n) is 4.78. The third kappa shape index (κ3) is 3.30. The molecular weight excluding hydrogens is 356 g/mol. The van der Waals surface area contributed by atoms with E-state index in [9.17, 15) is 9.59 Å². The van der Waals surface area contributed by atoms with Gasteiger partial charge < -0.3 is 9.80 Å². The van der Waals surface area contributed by atoms with Crippen LogP contribution in [0.4, 0.5) is 11.4 Å². The fourth-order valence-electron chi connectivity index (χ4n) is 3.47. The van der Waals surface area contributed by atoms with Crippen LogP contribution in [0.25, 0.3) is 10.8 Å². The lowest BCUT2D eigenvalue weighted by molar-refractivity contribution is -0.121. The van der Waals surface area contributed by atoms with Crippen LogP contribution in [0.15, 0.2) is 71.6 Å². The highest BCUT2D eigenvalue weighted by Crippen LogP contribution is 2.35. The number of thioether (sulfide) groups is 1. The molecule has 27 heavy (non-hydrogen) atoms. The highest BCUT2D eigenvalue weighted by atomic mass is 32.2.